The van der Waals surface area contributed by atoms with E-state index in [1.165, 1.54) is 28.3 Å². The van der Waals surface area contributed by atoms with E-state index in [4.69, 9.17) is 11.6 Å². The molecule has 0 spiro atoms. The molecule has 2 rings (SSSR count). The minimum atomic E-state index is -0.624. The van der Waals surface area contributed by atoms with Crippen LogP contribution in [0, 0.1) is 10.1 Å². The van der Waals surface area contributed by atoms with Gasteiger partial charge in [-0.1, -0.05) is 0 Å². The number of nitro groups is 1. The van der Waals surface area contributed by atoms with Gasteiger partial charge in [0.25, 0.3) is 5.69 Å². The quantitative estimate of drug-likeness (QED) is 0.518. The number of nitrogens with one attached hydrogen (secondary N) is 1. The second-order valence-corrected chi connectivity index (χ2v) is 4.46. The molecule has 0 radical (unpaired) electrons. The lowest BCUT2D eigenvalue weighted by atomic mass is 10.2. The molecule has 0 aliphatic rings. The van der Waals surface area contributed by atoms with Crippen molar-refractivity contribution in [2.45, 2.75) is 0 Å². The van der Waals surface area contributed by atoms with Crippen molar-refractivity contribution in [1.29, 1.82) is 0 Å². The van der Waals surface area contributed by atoms with Crippen LogP contribution in [-0.2, 0) is 18.9 Å². The smallest absolute Gasteiger partial charge is 0.319 e. The Labute approximate surface area is 117 Å². The Hall–Kier alpha value is -2.35. The third-order valence-corrected chi connectivity index (χ3v) is 3.22. The summed E-state index contributed by atoms with van der Waals surface area (Å²) in [4.78, 5) is 33.6. The van der Waals surface area contributed by atoms with E-state index in [0.717, 1.165) is 0 Å². The first kappa shape index (κ1) is 14.1. The first-order valence-electron chi connectivity index (χ1n) is 5.56. The number of nitrogens with zero attached hydrogens (tertiary/aromatic N) is 3. The molecular formula is C11H11ClN4O4. The summed E-state index contributed by atoms with van der Waals surface area (Å²) in [6.07, 6.45) is 0. The SMILES string of the molecule is Cn1c(=O)n(C)c2cc([N+](=O)[O-])c(NC(=O)CCl)cc21. The zero-order valence-corrected chi connectivity index (χ0v) is 11.5. The van der Waals surface area contributed by atoms with Crippen molar-refractivity contribution < 1.29 is 9.72 Å². The fraction of sp³-hybridized carbons (Fsp3) is 0.273. The molecule has 2 aromatic rings. The van der Waals surface area contributed by atoms with Crippen LogP contribution < -0.4 is 11.0 Å². The fourth-order valence-electron chi connectivity index (χ4n) is 1.97. The Bertz CT molecular complexity index is 777. The molecule has 0 aliphatic heterocycles. The van der Waals surface area contributed by atoms with Crippen LogP contribution in [0.15, 0.2) is 16.9 Å². The van der Waals surface area contributed by atoms with Crippen LogP contribution in [0.3, 0.4) is 0 Å². The first-order chi connectivity index (χ1) is 9.36. The van der Waals surface area contributed by atoms with Gasteiger partial charge < -0.3 is 5.32 Å². The van der Waals surface area contributed by atoms with Crippen molar-refractivity contribution in [3.8, 4) is 0 Å². The number of rotatable bonds is 3. The van der Waals surface area contributed by atoms with Crippen molar-refractivity contribution >= 4 is 39.9 Å². The van der Waals surface area contributed by atoms with Crippen LogP contribution in [0.5, 0.6) is 0 Å². The topological polar surface area (TPSA) is 99.2 Å². The maximum atomic E-state index is 11.8. The number of fused-ring (bicyclic) bond motifs is 1. The maximum absolute atomic E-state index is 11.8. The van der Waals surface area contributed by atoms with E-state index in [1.807, 2.05) is 0 Å². The van der Waals surface area contributed by atoms with Crippen molar-refractivity contribution in [2.24, 2.45) is 14.1 Å². The lowest BCUT2D eigenvalue weighted by molar-refractivity contribution is -0.383. The minimum Gasteiger partial charge on any atom is -0.319 e. The number of anilines is 1. The number of aromatic nitrogens is 2. The Kier molecular flexibility index (Phi) is 3.49. The van der Waals surface area contributed by atoms with Gasteiger partial charge in [-0.2, -0.15) is 0 Å². The third kappa shape index (κ3) is 2.14. The van der Waals surface area contributed by atoms with Gasteiger partial charge in [-0.3, -0.25) is 24.0 Å². The van der Waals surface area contributed by atoms with Gasteiger partial charge in [-0.15, -0.1) is 11.6 Å². The average molecular weight is 299 g/mol. The second kappa shape index (κ2) is 4.97. The highest BCUT2D eigenvalue weighted by atomic mass is 35.5. The number of hydrogen-bond acceptors (Lipinski definition) is 4. The van der Waals surface area contributed by atoms with Crippen molar-refractivity contribution in [2.75, 3.05) is 11.2 Å². The minimum absolute atomic E-state index is 0.00866. The molecule has 9 heteroatoms. The van der Waals surface area contributed by atoms with E-state index < -0.39 is 10.8 Å². The van der Waals surface area contributed by atoms with Gasteiger partial charge in [0.2, 0.25) is 5.91 Å². The Balaban J connectivity index is 2.76. The van der Waals surface area contributed by atoms with Crippen LogP contribution in [0.4, 0.5) is 11.4 Å². The second-order valence-electron chi connectivity index (χ2n) is 4.20. The van der Waals surface area contributed by atoms with Gasteiger partial charge in [0.15, 0.2) is 0 Å². The molecule has 0 saturated carbocycles. The summed E-state index contributed by atoms with van der Waals surface area (Å²) in [7, 11) is 3.06. The summed E-state index contributed by atoms with van der Waals surface area (Å²) in [5.74, 6) is -0.877. The average Bonchev–Trinajstić information content (AvgIpc) is 2.62. The van der Waals surface area contributed by atoms with Gasteiger partial charge in [0.1, 0.15) is 11.6 Å². The van der Waals surface area contributed by atoms with Crippen LogP contribution in [-0.4, -0.2) is 25.8 Å². The highest BCUT2D eigenvalue weighted by Crippen LogP contribution is 2.29. The number of benzene rings is 1. The lowest BCUT2D eigenvalue weighted by Gasteiger charge is -2.05. The molecule has 0 saturated heterocycles. The lowest BCUT2D eigenvalue weighted by Crippen LogP contribution is -2.19. The molecule has 1 aromatic heterocycles. The number of carbonyl (C=O) groups excluding carboxylic acids is 1. The highest BCUT2D eigenvalue weighted by Gasteiger charge is 2.20. The van der Waals surface area contributed by atoms with E-state index in [2.05, 4.69) is 5.32 Å². The van der Waals surface area contributed by atoms with Gasteiger partial charge in [-0.25, -0.2) is 4.79 Å². The van der Waals surface area contributed by atoms with Gasteiger partial charge in [-0.05, 0) is 6.07 Å². The number of carbonyl (C=O) groups is 1. The van der Waals surface area contributed by atoms with Crippen LogP contribution in [0.2, 0.25) is 0 Å². The summed E-state index contributed by atoms with van der Waals surface area (Å²) < 4.78 is 2.64. The molecule has 1 aromatic carbocycles. The molecule has 0 unspecified atom stereocenters. The van der Waals surface area contributed by atoms with E-state index in [9.17, 15) is 19.7 Å². The van der Waals surface area contributed by atoms with E-state index in [-0.39, 0.29) is 22.9 Å². The van der Waals surface area contributed by atoms with E-state index >= 15 is 0 Å². The Morgan fingerprint density at radius 2 is 1.90 bits per heavy atom. The maximum Gasteiger partial charge on any atom is 0.328 e. The standard InChI is InChI=1S/C11H11ClN4O4/c1-14-8-3-6(13-10(17)5-12)7(16(19)20)4-9(8)15(2)11(14)18/h3-4H,5H2,1-2H3,(H,13,17). The van der Waals surface area contributed by atoms with Crippen molar-refractivity contribution in [3.05, 3.63) is 32.7 Å². The van der Waals surface area contributed by atoms with Crippen LogP contribution in [0.25, 0.3) is 11.0 Å². The number of hydrogen-bond donors (Lipinski definition) is 1. The summed E-state index contributed by atoms with van der Waals surface area (Å²) in [6.45, 7) is 0. The molecule has 0 atom stereocenters. The van der Waals surface area contributed by atoms with Crippen molar-refractivity contribution in [3.63, 3.8) is 0 Å². The highest BCUT2D eigenvalue weighted by molar-refractivity contribution is 6.29. The molecule has 106 valence electrons. The summed E-state index contributed by atoms with van der Waals surface area (Å²) in [5.41, 5.74) is 0.294. The zero-order chi connectivity index (χ0) is 15.0. The van der Waals surface area contributed by atoms with Crippen LogP contribution >= 0.6 is 11.6 Å². The number of amides is 1. The first-order valence-corrected chi connectivity index (χ1v) is 6.10. The zero-order valence-electron chi connectivity index (χ0n) is 10.7. The summed E-state index contributed by atoms with van der Waals surface area (Å²) >= 11 is 5.37. The molecule has 1 N–H and O–H groups in total. The largest absolute Gasteiger partial charge is 0.328 e. The Morgan fingerprint density at radius 1 is 1.35 bits per heavy atom. The number of alkyl halides is 1. The molecule has 0 aliphatic carbocycles. The third-order valence-electron chi connectivity index (χ3n) is 2.98. The van der Waals surface area contributed by atoms with E-state index in [0.29, 0.717) is 11.0 Å². The molecule has 1 amide bonds. The summed E-state index contributed by atoms with van der Waals surface area (Å²) in [5, 5.41) is 13.4. The molecule has 20 heavy (non-hydrogen) atoms. The molecular weight excluding hydrogens is 288 g/mol. The van der Waals surface area contributed by atoms with Crippen LogP contribution in [0.1, 0.15) is 0 Å². The molecule has 8 nitrogen and oxygen atoms in total. The monoisotopic (exact) mass is 298 g/mol. The van der Waals surface area contributed by atoms with E-state index in [1.54, 1.807) is 7.05 Å². The predicted octanol–water partition coefficient (Wildman–Crippen LogP) is 0.962. The summed E-state index contributed by atoms with van der Waals surface area (Å²) in [6, 6.07) is 2.64. The predicted molar refractivity (Wildman–Crippen MR) is 74.2 cm³/mol. The number of halogens is 1. The molecule has 0 bridgehead atoms. The van der Waals surface area contributed by atoms with Gasteiger partial charge in [0.05, 0.1) is 16.0 Å². The number of nitro benzene ring substituents is 1. The number of aryl methyl sites for hydroxylation is 2. The van der Waals surface area contributed by atoms with Gasteiger partial charge >= 0.3 is 5.69 Å². The molecule has 1 heterocycles. The van der Waals surface area contributed by atoms with Crippen molar-refractivity contribution in [1.82, 2.24) is 9.13 Å². The Morgan fingerprint density at radius 3 is 2.40 bits per heavy atom. The molecule has 0 fully saturated rings. The normalized spacial score (nSPS) is 10.8. The fourth-order valence-corrected chi connectivity index (χ4v) is 2.04. The number of imidazole rings is 1. The van der Waals surface area contributed by atoms with Gasteiger partial charge in [0, 0.05) is 20.2 Å².